The van der Waals surface area contributed by atoms with Gasteiger partial charge in [0.05, 0.1) is 42.6 Å². The minimum atomic E-state index is -1.13. The summed E-state index contributed by atoms with van der Waals surface area (Å²) in [5.74, 6) is -1.33. The van der Waals surface area contributed by atoms with Crippen LogP contribution < -0.4 is 0 Å². The zero-order valence-corrected chi connectivity index (χ0v) is 23.4. The maximum absolute atomic E-state index is 11.5. The highest BCUT2D eigenvalue weighted by Crippen LogP contribution is 2.32. The average molecular weight is 623 g/mol. The molecule has 194 valence electrons. The molecule has 0 saturated heterocycles. The first-order chi connectivity index (χ1) is 16.6. The highest BCUT2D eigenvalue weighted by atomic mass is 79.9. The molecule has 13 nitrogen and oxygen atoms in total. The van der Waals surface area contributed by atoms with E-state index in [2.05, 4.69) is 15.9 Å². The van der Waals surface area contributed by atoms with Crippen LogP contribution in [0.15, 0.2) is 20.6 Å². The second-order valence-corrected chi connectivity index (χ2v) is 10.4. The van der Waals surface area contributed by atoms with Crippen LogP contribution in [0.4, 0.5) is 15.0 Å². The van der Waals surface area contributed by atoms with Crippen molar-refractivity contribution >= 4 is 76.8 Å². The van der Waals surface area contributed by atoms with Crippen molar-refractivity contribution in [1.29, 1.82) is 0 Å². The van der Waals surface area contributed by atoms with E-state index in [1.54, 1.807) is 33.3 Å². The van der Waals surface area contributed by atoms with Gasteiger partial charge in [-0.1, -0.05) is 34.0 Å². The van der Waals surface area contributed by atoms with Gasteiger partial charge in [-0.3, -0.25) is 35.1 Å². The molecule has 0 bridgehead atoms. The smallest absolute Gasteiger partial charge is 0.337 e. The van der Waals surface area contributed by atoms with Crippen LogP contribution in [-0.4, -0.2) is 50.7 Å². The number of aromatic carboxylic acids is 1. The third kappa shape index (κ3) is 7.61. The molecule has 0 saturated carbocycles. The predicted molar refractivity (Wildman–Crippen MR) is 140 cm³/mol. The predicted octanol–water partition coefficient (Wildman–Crippen LogP) is 6.06. The molecule has 0 radical (unpaired) electrons. The van der Waals surface area contributed by atoms with Crippen molar-refractivity contribution in [3.8, 4) is 0 Å². The molecule has 0 spiro atoms. The molecule has 0 aliphatic heterocycles. The van der Waals surface area contributed by atoms with Gasteiger partial charge < -0.3 is 10.0 Å². The van der Waals surface area contributed by atoms with Crippen molar-refractivity contribution in [1.82, 2.24) is 4.90 Å². The maximum Gasteiger partial charge on any atom is 0.337 e. The quantitative estimate of drug-likeness (QED) is 0.260. The van der Waals surface area contributed by atoms with Crippen LogP contribution in [0.3, 0.4) is 0 Å². The van der Waals surface area contributed by atoms with Crippen molar-refractivity contribution in [3.05, 3.63) is 78.8 Å². The van der Waals surface area contributed by atoms with Crippen molar-refractivity contribution in [3.63, 3.8) is 0 Å². The van der Waals surface area contributed by atoms with Gasteiger partial charge in [0.1, 0.15) is 0 Å². The number of carbonyl (C=O) groups excluding carboxylic acids is 1. The van der Waals surface area contributed by atoms with E-state index in [1.165, 1.54) is 22.6 Å². The molecule has 0 aliphatic rings. The largest absolute Gasteiger partial charge is 0.478 e. The summed E-state index contributed by atoms with van der Waals surface area (Å²) in [4.78, 5) is 53.0. The minimum Gasteiger partial charge on any atom is -0.478 e. The van der Waals surface area contributed by atoms with E-state index in [0.29, 0.717) is 16.7 Å². The number of amides is 1. The third-order valence-electron chi connectivity index (χ3n) is 4.34. The number of hydrogen-bond donors (Lipinski definition) is 1. The lowest BCUT2D eigenvalue weighted by atomic mass is 10.2. The first-order valence-electron chi connectivity index (χ1n) is 9.39. The highest BCUT2D eigenvalue weighted by molar-refractivity contribution is 9.10. The van der Waals surface area contributed by atoms with Crippen LogP contribution in [0.25, 0.3) is 0 Å². The SMILES string of the molecule is Cc1c(Br)csc1[N+](=O)[O-].Cc1c(C(=O)N(C)C)csc1[N+](=O)[O-].Cc1c(C(=O)O)csc1[N+](=O)[O-]. The van der Waals surface area contributed by atoms with Gasteiger partial charge in [-0.2, -0.15) is 0 Å². The lowest BCUT2D eigenvalue weighted by Gasteiger charge is -2.08. The zero-order chi connectivity index (χ0) is 27.9. The van der Waals surface area contributed by atoms with E-state index in [0.717, 1.165) is 38.5 Å². The number of hydrogen-bond acceptors (Lipinski definition) is 11. The molecule has 36 heavy (non-hydrogen) atoms. The molecule has 0 aliphatic carbocycles. The third-order valence-corrected chi connectivity index (χ3v) is 8.57. The lowest BCUT2D eigenvalue weighted by Crippen LogP contribution is -2.21. The summed E-state index contributed by atoms with van der Waals surface area (Å²) in [6.07, 6.45) is 0. The Bertz CT molecular complexity index is 1280. The molecule has 0 unspecified atom stereocenters. The topological polar surface area (TPSA) is 187 Å². The number of carboxylic acid groups (broad SMARTS) is 1. The van der Waals surface area contributed by atoms with Crippen molar-refractivity contribution in [2.24, 2.45) is 0 Å². The van der Waals surface area contributed by atoms with Crippen LogP contribution in [0.2, 0.25) is 0 Å². The van der Waals surface area contributed by atoms with Crippen LogP contribution in [-0.2, 0) is 0 Å². The summed E-state index contributed by atoms with van der Waals surface area (Å²) in [6, 6.07) is 0. The molecule has 3 heterocycles. The Balaban J connectivity index is 0.000000274. The second-order valence-electron chi connectivity index (χ2n) is 6.95. The monoisotopic (exact) mass is 622 g/mol. The van der Waals surface area contributed by atoms with Crippen LogP contribution >= 0.6 is 49.9 Å². The second kappa shape index (κ2) is 13.1. The highest BCUT2D eigenvalue weighted by Gasteiger charge is 2.22. The van der Waals surface area contributed by atoms with Gasteiger partial charge in [-0.15, -0.1) is 0 Å². The van der Waals surface area contributed by atoms with Gasteiger partial charge in [-0.05, 0) is 36.7 Å². The number of carbonyl (C=O) groups is 2. The van der Waals surface area contributed by atoms with Gasteiger partial charge in [0.25, 0.3) is 5.91 Å². The Labute approximate surface area is 224 Å². The molecule has 1 amide bonds. The number of nitrogens with zero attached hydrogens (tertiary/aromatic N) is 4. The van der Waals surface area contributed by atoms with E-state index in [9.17, 15) is 39.9 Å². The molecular weight excluding hydrogens is 604 g/mol. The molecule has 3 aromatic rings. The van der Waals surface area contributed by atoms with E-state index in [1.807, 2.05) is 0 Å². The molecule has 0 fully saturated rings. The number of halogens is 1. The number of thiophene rings is 3. The Hall–Kier alpha value is -3.28. The normalized spacial score (nSPS) is 9.83. The summed E-state index contributed by atoms with van der Waals surface area (Å²) < 4.78 is 0.809. The fraction of sp³-hybridized carbons (Fsp3) is 0.263. The van der Waals surface area contributed by atoms with Crippen LogP contribution in [0, 0.1) is 51.1 Å². The van der Waals surface area contributed by atoms with E-state index in [-0.39, 0.29) is 37.0 Å². The first kappa shape index (κ1) is 30.8. The van der Waals surface area contributed by atoms with E-state index < -0.39 is 15.8 Å². The molecule has 0 atom stereocenters. The zero-order valence-electron chi connectivity index (χ0n) is 19.3. The van der Waals surface area contributed by atoms with Crippen molar-refractivity contribution < 1.29 is 29.5 Å². The van der Waals surface area contributed by atoms with Crippen LogP contribution in [0.5, 0.6) is 0 Å². The molecule has 3 rings (SSSR count). The first-order valence-corrected chi connectivity index (χ1v) is 12.8. The Morgan fingerprint density at radius 1 is 0.778 bits per heavy atom. The van der Waals surface area contributed by atoms with Gasteiger partial charge in [0, 0.05) is 34.7 Å². The van der Waals surface area contributed by atoms with Gasteiger partial charge in [-0.25, -0.2) is 4.79 Å². The minimum absolute atomic E-state index is 0.00620. The summed E-state index contributed by atoms with van der Waals surface area (Å²) >= 11 is 6.14. The number of carboxylic acids is 1. The van der Waals surface area contributed by atoms with Gasteiger partial charge in [0.15, 0.2) is 0 Å². The van der Waals surface area contributed by atoms with Crippen LogP contribution in [0.1, 0.15) is 37.4 Å². The molecular formula is C19H19BrN4O9S3. The Kier molecular flexibility index (Phi) is 11.2. The Morgan fingerprint density at radius 3 is 1.39 bits per heavy atom. The lowest BCUT2D eigenvalue weighted by molar-refractivity contribution is -0.380. The fourth-order valence-electron chi connectivity index (χ4n) is 2.40. The maximum atomic E-state index is 11.5. The summed E-state index contributed by atoms with van der Waals surface area (Å²) in [5.41, 5.74) is 1.78. The average Bonchev–Trinajstić information content (AvgIpc) is 3.45. The standard InChI is InChI=1S/C8H10N2O3S.C6H5NO4S.C5H4BrNO2S/c1-5-6(7(11)9(2)3)4-14-8(5)10(12)13;1-3-4(6(8)9)2-12-5(3)7(10)11;1-3-4(6)2-10-5(3)7(8)9/h4H,1-3H3;2H,1H3,(H,8,9);2H,1H3. The van der Waals surface area contributed by atoms with Crippen molar-refractivity contribution in [2.45, 2.75) is 20.8 Å². The Morgan fingerprint density at radius 2 is 1.14 bits per heavy atom. The number of rotatable bonds is 5. The fourth-order valence-corrected chi connectivity index (χ4v) is 5.53. The summed E-state index contributed by atoms with van der Waals surface area (Å²) in [6.45, 7) is 4.74. The molecule has 3 aromatic heterocycles. The van der Waals surface area contributed by atoms with Gasteiger partial charge >= 0.3 is 21.0 Å². The van der Waals surface area contributed by atoms with E-state index >= 15 is 0 Å². The molecule has 0 aromatic carbocycles. The van der Waals surface area contributed by atoms with Crippen molar-refractivity contribution in [2.75, 3.05) is 14.1 Å². The molecule has 1 N–H and O–H groups in total. The number of nitro groups is 3. The summed E-state index contributed by atoms with van der Waals surface area (Å²) in [5, 5.41) is 44.2. The molecule has 17 heteroatoms. The summed E-state index contributed by atoms with van der Waals surface area (Å²) in [7, 11) is 3.23. The van der Waals surface area contributed by atoms with E-state index in [4.69, 9.17) is 5.11 Å². The van der Waals surface area contributed by atoms with Gasteiger partial charge in [0.2, 0.25) is 0 Å².